The van der Waals surface area contributed by atoms with Crippen LogP contribution in [0.2, 0.25) is 0 Å². The predicted molar refractivity (Wildman–Crippen MR) is 57.2 cm³/mol. The molecule has 0 aliphatic carbocycles. The summed E-state index contributed by atoms with van der Waals surface area (Å²) in [7, 11) is 0. The van der Waals surface area contributed by atoms with E-state index in [9.17, 15) is 0 Å². The Bertz CT molecular complexity index is 287. The molecule has 0 unspecified atom stereocenters. The summed E-state index contributed by atoms with van der Waals surface area (Å²) in [5.74, 6) is 0.842. The number of allylic oxidation sites excluding steroid dienone is 1. The van der Waals surface area contributed by atoms with Gasteiger partial charge in [-0.05, 0) is 27.2 Å². The Morgan fingerprint density at radius 1 is 1.54 bits per heavy atom. The van der Waals surface area contributed by atoms with Crippen LogP contribution in [-0.2, 0) is 0 Å². The van der Waals surface area contributed by atoms with Gasteiger partial charge in [0.05, 0.1) is 0 Å². The predicted octanol–water partition coefficient (Wildman–Crippen LogP) is 2.61. The number of rotatable bonds is 4. The molecule has 13 heavy (non-hydrogen) atoms. The van der Waals surface area contributed by atoms with E-state index in [4.69, 9.17) is 0 Å². The number of nitrogens with one attached hydrogen (secondary N) is 1. The van der Waals surface area contributed by atoms with Crippen molar-refractivity contribution >= 4 is 16.7 Å². The molecule has 1 rings (SSSR count). The highest BCUT2D eigenvalue weighted by atomic mass is 32.1. The molecule has 72 valence electrons. The van der Waals surface area contributed by atoms with Gasteiger partial charge in [-0.25, -0.2) is 4.98 Å². The average Bonchev–Trinajstić information content (AvgIpc) is 2.45. The normalized spacial score (nSPS) is 9.77. The number of aryl methyl sites for hydroxylation is 1. The SMILES string of the molecule is CC(C)=CCCNc1nc(C)ns1. The second-order valence-electron chi connectivity index (χ2n) is 3.14. The molecule has 0 amide bonds. The number of aromatic nitrogens is 2. The molecule has 0 atom stereocenters. The first-order chi connectivity index (χ1) is 6.18. The lowest BCUT2D eigenvalue weighted by Gasteiger charge is -1.97. The highest BCUT2D eigenvalue weighted by molar-refractivity contribution is 7.09. The largest absolute Gasteiger partial charge is 0.360 e. The molecule has 0 fully saturated rings. The molecule has 0 aliphatic heterocycles. The molecule has 0 saturated heterocycles. The van der Waals surface area contributed by atoms with Crippen molar-refractivity contribution in [3.63, 3.8) is 0 Å². The zero-order chi connectivity index (χ0) is 9.68. The van der Waals surface area contributed by atoms with E-state index < -0.39 is 0 Å². The van der Waals surface area contributed by atoms with Crippen LogP contribution in [-0.4, -0.2) is 15.9 Å². The molecule has 0 radical (unpaired) electrons. The van der Waals surface area contributed by atoms with Crippen LogP contribution in [0.1, 0.15) is 26.1 Å². The number of hydrogen-bond acceptors (Lipinski definition) is 4. The summed E-state index contributed by atoms with van der Waals surface area (Å²) in [4.78, 5) is 4.20. The molecule has 4 heteroatoms. The van der Waals surface area contributed by atoms with Crippen molar-refractivity contribution in [3.8, 4) is 0 Å². The molecule has 0 saturated carbocycles. The lowest BCUT2D eigenvalue weighted by atomic mass is 10.3. The quantitative estimate of drug-likeness (QED) is 0.595. The van der Waals surface area contributed by atoms with Crippen LogP contribution in [0.25, 0.3) is 0 Å². The molecule has 0 aromatic carbocycles. The Kier molecular flexibility index (Phi) is 3.89. The molecular weight excluding hydrogens is 182 g/mol. The van der Waals surface area contributed by atoms with Gasteiger partial charge in [-0.2, -0.15) is 4.37 Å². The fourth-order valence-corrected chi connectivity index (χ4v) is 1.51. The molecule has 0 spiro atoms. The average molecular weight is 197 g/mol. The van der Waals surface area contributed by atoms with E-state index in [-0.39, 0.29) is 0 Å². The third-order valence-corrected chi connectivity index (χ3v) is 2.26. The van der Waals surface area contributed by atoms with Crippen LogP contribution in [0.15, 0.2) is 11.6 Å². The van der Waals surface area contributed by atoms with Crippen LogP contribution in [0.3, 0.4) is 0 Å². The van der Waals surface area contributed by atoms with Gasteiger partial charge < -0.3 is 5.32 Å². The van der Waals surface area contributed by atoms with Crippen LogP contribution in [0.5, 0.6) is 0 Å². The first-order valence-electron chi connectivity index (χ1n) is 4.36. The minimum atomic E-state index is 0.842. The standard InChI is InChI=1S/C9H15N3S/c1-7(2)5-4-6-10-9-11-8(3)12-13-9/h5H,4,6H2,1-3H3,(H,10,11,12). The smallest absolute Gasteiger partial charge is 0.202 e. The summed E-state index contributed by atoms with van der Waals surface area (Å²) in [6, 6.07) is 0. The zero-order valence-corrected chi connectivity index (χ0v) is 9.11. The van der Waals surface area contributed by atoms with Gasteiger partial charge in [0, 0.05) is 18.1 Å². The fraction of sp³-hybridized carbons (Fsp3) is 0.556. The van der Waals surface area contributed by atoms with E-state index in [1.54, 1.807) is 0 Å². The Balaban J connectivity index is 2.24. The summed E-state index contributed by atoms with van der Waals surface area (Å²) in [6.45, 7) is 7.04. The number of anilines is 1. The zero-order valence-electron chi connectivity index (χ0n) is 8.29. The molecule has 1 heterocycles. The van der Waals surface area contributed by atoms with Crippen LogP contribution in [0.4, 0.5) is 5.13 Å². The van der Waals surface area contributed by atoms with E-state index >= 15 is 0 Å². The van der Waals surface area contributed by atoms with Crippen molar-refractivity contribution in [3.05, 3.63) is 17.5 Å². The van der Waals surface area contributed by atoms with Gasteiger partial charge in [0.1, 0.15) is 5.82 Å². The van der Waals surface area contributed by atoms with Crippen LogP contribution in [0, 0.1) is 6.92 Å². The second kappa shape index (κ2) is 4.97. The minimum absolute atomic E-state index is 0.842. The third kappa shape index (κ3) is 4.03. The molecule has 0 aliphatic rings. The topological polar surface area (TPSA) is 37.8 Å². The van der Waals surface area contributed by atoms with Gasteiger partial charge in [0.25, 0.3) is 0 Å². The number of hydrogen-bond donors (Lipinski definition) is 1. The van der Waals surface area contributed by atoms with Crippen molar-refractivity contribution < 1.29 is 0 Å². The van der Waals surface area contributed by atoms with Gasteiger partial charge >= 0.3 is 0 Å². The van der Waals surface area contributed by atoms with E-state index in [0.29, 0.717) is 0 Å². The summed E-state index contributed by atoms with van der Waals surface area (Å²) < 4.78 is 4.08. The monoisotopic (exact) mass is 197 g/mol. The van der Waals surface area contributed by atoms with E-state index in [0.717, 1.165) is 23.9 Å². The molecule has 0 bridgehead atoms. The van der Waals surface area contributed by atoms with Gasteiger partial charge in [0.15, 0.2) is 0 Å². The summed E-state index contributed by atoms with van der Waals surface area (Å²) in [6.07, 6.45) is 3.25. The van der Waals surface area contributed by atoms with Crippen LogP contribution >= 0.6 is 11.5 Å². The maximum Gasteiger partial charge on any atom is 0.202 e. The van der Waals surface area contributed by atoms with E-state index in [1.165, 1.54) is 17.1 Å². The van der Waals surface area contributed by atoms with Gasteiger partial charge in [-0.15, -0.1) is 0 Å². The first-order valence-corrected chi connectivity index (χ1v) is 5.13. The van der Waals surface area contributed by atoms with Crippen molar-refractivity contribution in [1.29, 1.82) is 0 Å². The third-order valence-electron chi connectivity index (χ3n) is 1.50. The molecule has 1 aromatic heterocycles. The molecule has 3 nitrogen and oxygen atoms in total. The van der Waals surface area contributed by atoms with Gasteiger partial charge in [-0.3, -0.25) is 0 Å². The van der Waals surface area contributed by atoms with Crippen molar-refractivity contribution in [2.75, 3.05) is 11.9 Å². The Hall–Kier alpha value is -0.900. The Morgan fingerprint density at radius 2 is 2.31 bits per heavy atom. The van der Waals surface area contributed by atoms with Crippen LogP contribution < -0.4 is 5.32 Å². The molecule has 1 aromatic rings. The van der Waals surface area contributed by atoms with Crippen molar-refractivity contribution in [2.45, 2.75) is 27.2 Å². The minimum Gasteiger partial charge on any atom is -0.360 e. The fourth-order valence-electron chi connectivity index (χ4n) is 0.909. The lowest BCUT2D eigenvalue weighted by molar-refractivity contribution is 1.04. The summed E-state index contributed by atoms with van der Waals surface area (Å²) in [5.41, 5.74) is 1.36. The molecule has 1 N–H and O–H groups in total. The highest BCUT2D eigenvalue weighted by Crippen LogP contribution is 2.09. The Morgan fingerprint density at radius 3 is 2.85 bits per heavy atom. The van der Waals surface area contributed by atoms with Gasteiger partial charge in [0.2, 0.25) is 5.13 Å². The highest BCUT2D eigenvalue weighted by Gasteiger charge is 1.96. The molecular formula is C9H15N3S. The number of nitrogens with zero attached hydrogens (tertiary/aromatic N) is 2. The summed E-state index contributed by atoms with van der Waals surface area (Å²) in [5, 5.41) is 4.14. The summed E-state index contributed by atoms with van der Waals surface area (Å²) >= 11 is 1.42. The van der Waals surface area contributed by atoms with E-state index in [2.05, 4.69) is 34.6 Å². The maximum absolute atomic E-state index is 4.20. The Labute approximate surface area is 83.1 Å². The first kappa shape index (κ1) is 10.2. The van der Waals surface area contributed by atoms with Gasteiger partial charge in [-0.1, -0.05) is 11.6 Å². The van der Waals surface area contributed by atoms with Crippen molar-refractivity contribution in [2.24, 2.45) is 0 Å². The lowest BCUT2D eigenvalue weighted by Crippen LogP contribution is -1.99. The van der Waals surface area contributed by atoms with E-state index in [1.807, 2.05) is 6.92 Å². The maximum atomic E-state index is 4.20. The van der Waals surface area contributed by atoms with Crippen molar-refractivity contribution in [1.82, 2.24) is 9.36 Å². The second-order valence-corrected chi connectivity index (χ2v) is 3.90.